The van der Waals surface area contributed by atoms with Crippen LogP contribution in [0.1, 0.15) is 104 Å². The molecule has 1 spiro atoms. The smallest absolute Gasteiger partial charge is 0.346 e. The van der Waals surface area contributed by atoms with Gasteiger partial charge in [0.05, 0.1) is 33.0 Å². The number of ether oxygens (including phenoxy) is 2. The summed E-state index contributed by atoms with van der Waals surface area (Å²) in [6, 6.07) is 5.81. The van der Waals surface area contributed by atoms with E-state index in [-0.39, 0.29) is 61.0 Å². The zero-order valence-corrected chi connectivity index (χ0v) is 41.3. The fraction of sp³-hybridized carbons (Fsp3) is 0.375. The van der Waals surface area contributed by atoms with Crippen molar-refractivity contribution in [3.05, 3.63) is 120 Å². The highest BCUT2D eigenvalue weighted by Crippen LogP contribution is 2.66. The summed E-state index contributed by atoms with van der Waals surface area (Å²) >= 11 is 14.3. The van der Waals surface area contributed by atoms with Crippen LogP contribution >= 0.6 is 23.2 Å². The van der Waals surface area contributed by atoms with Crippen molar-refractivity contribution < 1.29 is 67.4 Å². The van der Waals surface area contributed by atoms with Crippen LogP contribution in [-0.4, -0.2) is 84.2 Å². The van der Waals surface area contributed by atoms with Crippen LogP contribution in [0, 0.1) is 23.3 Å². The Morgan fingerprint density at radius 3 is 1.69 bits per heavy atom. The van der Waals surface area contributed by atoms with E-state index in [1.807, 2.05) is 27.7 Å². The quantitative estimate of drug-likeness (QED) is 0.0561. The second kappa shape index (κ2) is 15.6. The molecular formula is C48H43Cl2F4N3O11S2. The predicted molar refractivity (Wildman–Crippen MR) is 251 cm³/mol. The largest absolute Gasteiger partial charge is 0.456 e. The molecule has 4 aromatic rings. The Morgan fingerprint density at radius 1 is 0.771 bits per heavy atom. The summed E-state index contributed by atoms with van der Waals surface area (Å²) in [6.45, 7) is 10.7. The summed E-state index contributed by atoms with van der Waals surface area (Å²) in [5.41, 5.74) is -3.41. The molecule has 0 saturated carbocycles. The summed E-state index contributed by atoms with van der Waals surface area (Å²) in [5.74, 6) is -13.6. The molecule has 0 aliphatic carbocycles. The van der Waals surface area contributed by atoms with Gasteiger partial charge in [-0.3, -0.25) is 18.7 Å². The highest BCUT2D eigenvalue weighted by atomic mass is 35.5. The second-order valence-corrected chi connectivity index (χ2v) is 23.6. The van der Waals surface area contributed by atoms with Crippen LogP contribution in [0.2, 0.25) is 10.0 Å². The Bertz CT molecular complexity index is 3240. The van der Waals surface area contributed by atoms with Gasteiger partial charge in [0.1, 0.15) is 23.0 Å². The van der Waals surface area contributed by atoms with E-state index in [4.69, 9.17) is 37.5 Å². The molecule has 6 aliphatic rings. The predicted octanol–water partition coefficient (Wildman–Crippen LogP) is 9.35. The number of rotatable bonds is 8. The molecule has 2 N–H and O–H groups in total. The molecule has 10 rings (SSSR count). The van der Waals surface area contributed by atoms with Crippen molar-refractivity contribution >= 4 is 77.8 Å². The number of fused-ring (bicyclic) bond motifs is 8. The standard InChI is InChI=1S/C48H43Cl2F4N3O11S2/c1-45(2)18-22(20-69(60,61)62)26-15-28-40(24-9-7-13-55(45)38(24)26)66-41-25-10-8-14-56-39(25)27(23(19-46(56,3)4)21-70(63,64)65)16-29(41)48(28)35-31(50)12-11-30(49)34(35)43(58)57(48)68-47(5,6)44(59)67-42-36(53)32(51)17-33(52)37(42)54/h11-12,15-19H,7-10,13-14,20-21H2,1-6H3,(H,60,61,62)(H,63,64,65). The van der Waals surface area contributed by atoms with E-state index in [2.05, 4.69) is 9.80 Å². The number of benzene rings is 4. The van der Waals surface area contributed by atoms with E-state index in [1.165, 1.54) is 12.1 Å². The summed E-state index contributed by atoms with van der Waals surface area (Å²) in [6.07, 6.45) is 5.16. The number of amides is 1. The zero-order valence-electron chi connectivity index (χ0n) is 38.2. The van der Waals surface area contributed by atoms with Gasteiger partial charge in [-0.05, 0) is 103 Å². The van der Waals surface area contributed by atoms with Crippen LogP contribution < -0.4 is 19.3 Å². The molecule has 70 heavy (non-hydrogen) atoms. The summed E-state index contributed by atoms with van der Waals surface area (Å²) in [5, 5.41) is 0.512. The van der Waals surface area contributed by atoms with Crippen molar-refractivity contribution in [3.8, 4) is 17.2 Å². The van der Waals surface area contributed by atoms with Crippen LogP contribution in [-0.2, 0) is 48.2 Å². The molecule has 0 saturated heterocycles. The minimum absolute atomic E-state index is 0.0431. The van der Waals surface area contributed by atoms with Crippen LogP contribution in [0.3, 0.4) is 0 Å². The minimum atomic E-state index is -4.71. The molecule has 22 heteroatoms. The van der Waals surface area contributed by atoms with Crippen LogP contribution in [0.25, 0.3) is 11.1 Å². The highest BCUT2D eigenvalue weighted by Gasteiger charge is 2.63. The molecule has 0 fully saturated rings. The maximum absolute atomic E-state index is 15.6. The number of esters is 1. The number of carbonyl (C=O) groups is 2. The molecule has 0 bridgehead atoms. The van der Waals surface area contributed by atoms with E-state index in [0.29, 0.717) is 72.4 Å². The average Bonchev–Trinajstić information content (AvgIpc) is 3.50. The van der Waals surface area contributed by atoms with Crippen molar-refractivity contribution in [1.29, 1.82) is 0 Å². The van der Waals surface area contributed by atoms with E-state index >= 15 is 13.6 Å². The Labute approximate surface area is 409 Å². The lowest BCUT2D eigenvalue weighted by atomic mass is 9.70. The highest BCUT2D eigenvalue weighted by molar-refractivity contribution is 7.86. The molecule has 6 heterocycles. The van der Waals surface area contributed by atoms with Gasteiger partial charge in [-0.25, -0.2) is 13.6 Å². The van der Waals surface area contributed by atoms with Crippen LogP contribution in [0.5, 0.6) is 17.2 Å². The maximum atomic E-state index is 15.6. The maximum Gasteiger partial charge on any atom is 0.346 e. The number of hydrogen-bond donors (Lipinski definition) is 2. The van der Waals surface area contributed by atoms with Gasteiger partial charge < -0.3 is 19.3 Å². The van der Waals surface area contributed by atoms with Crippen molar-refractivity contribution in [1.82, 2.24) is 5.06 Å². The number of halogens is 6. The lowest BCUT2D eigenvalue weighted by Gasteiger charge is -2.52. The molecule has 0 atom stereocenters. The first-order valence-corrected chi connectivity index (χ1v) is 26.0. The van der Waals surface area contributed by atoms with Gasteiger partial charge in [-0.1, -0.05) is 35.4 Å². The number of hydroxylamine groups is 2. The molecular weight excluding hydrogens is 1010 g/mol. The first-order chi connectivity index (χ1) is 32.5. The zero-order chi connectivity index (χ0) is 50.7. The third-order valence-electron chi connectivity index (χ3n) is 13.9. The van der Waals surface area contributed by atoms with Gasteiger partial charge in [0, 0.05) is 63.1 Å². The number of carbonyl (C=O) groups excluding carboxylic acids is 2. The van der Waals surface area contributed by atoms with Crippen LogP contribution in [0.15, 0.2) is 42.5 Å². The number of hydrogen-bond acceptors (Lipinski definition) is 11. The lowest BCUT2D eigenvalue weighted by molar-refractivity contribution is -0.236. The Balaban J connectivity index is 1.33. The Hall–Kier alpha value is -5.22. The van der Waals surface area contributed by atoms with E-state index in [0.717, 1.165) is 18.9 Å². The fourth-order valence-electron chi connectivity index (χ4n) is 11.2. The number of anilines is 2. The molecule has 1 amide bonds. The Morgan fingerprint density at radius 2 is 1.23 bits per heavy atom. The Kier molecular flexibility index (Phi) is 10.8. The van der Waals surface area contributed by atoms with E-state index < -0.39 is 94.9 Å². The van der Waals surface area contributed by atoms with Gasteiger partial charge in [-0.15, -0.1) is 0 Å². The third-order valence-corrected chi connectivity index (χ3v) is 15.9. The van der Waals surface area contributed by atoms with Crippen molar-refractivity contribution in [2.45, 2.75) is 89.4 Å². The van der Waals surface area contributed by atoms with Crippen LogP contribution in [0.4, 0.5) is 28.9 Å². The van der Waals surface area contributed by atoms with Gasteiger partial charge in [-0.2, -0.15) is 30.7 Å². The molecule has 0 radical (unpaired) electrons. The lowest BCUT2D eigenvalue weighted by Crippen LogP contribution is -2.54. The molecule has 0 unspecified atom stereocenters. The summed E-state index contributed by atoms with van der Waals surface area (Å²) in [4.78, 5) is 40.5. The molecule has 4 aromatic carbocycles. The molecule has 6 aliphatic heterocycles. The molecule has 370 valence electrons. The van der Waals surface area contributed by atoms with Crippen molar-refractivity contribution in [3.63, 3.8) is 0 Å². The fourth-order valence-corrected chi connectivity index (χ4v) is 13.0. The van der Waals surface area contributed by atoms with Gasteiger partial charge in [0.15, 0.2) is 22.8 Å². The second-order valence-electron chi connectivity index (χ2n) is 19.8. The molecule has 14 nitrogen and oxygen atoms in total. The normalized spacial score (nSPS) is 19.1. The SMILES string of the molecule is CC(C)(ON1C(=O)c2c(Cl)ccc(Cl)c2C12c1cc3c4c(c1Oc1c2cc2c5c1CCCN5C(C)(C)C=C2CS(=O)(=O)O)CCCN4C(C)(C)C=C3CS(=O)(=O)O)C(=O)Oc1c(F)c(F)cc(F)c1F. The first-order valence-electron chi connectivity index (χ1n) is 22.0. The third kappa shape index (κ3) is 7.17. The van der Waals surface area contributed by atoms with Gasteiger partial charge in [0.25, 0.3) is 26.1 Å². The van der Waals surface area contributed by atoms with E-state index in [9.17, 15) is 39.5 Å². The number of nitrogens with zero attached hydrogens (tertiary/aromatic N) is 3. The summed E-state index contributed by atoms with van der Waals surface area (Å²) in [7, 11) is -9.42. The summed E-state index contributed by atoms with van der Waals surface area (Å²) < 4.78 is 143. The van der Waals surface area contributed by atoms with Crippen molar-refractivity contribution in [2.75, 3.05) is 34.4 Å². The van der Waals surface area contributed by atoms with Gasteiger partial charge in [0.2, 0.25) is 17.4 Å². The topological polar surface area (TPSA) is 180 Å². The average molecular weight is 1050 g/mol. The first kappa shape index (κ1) is 48.4. The monoisotopic (exact) mass is 1050 g/mol. The minimum Gasteiger partial charge on any atom is -0.456 e. The van der Waals surface area contributed by atoms with E-state index in [1.54, 1.807) is 24.3 Å². The van der Waals surface area contributed by atoms with Crippen molar-refractivity contribution in [2.24, 2.45) is 0 Å². The molecule has 0 aromatic heterocycles. The van der Waals surface area contributed by atoms with Gasteiger partial charge >= 0.3 is 5.97 Å².